The molecule has 226 valence electrons. The number of aromatic nitrogens is 1. The van der Waals surface area contributed by atoms with E-state index in [1.807, 2.05) is 24.3 Å². The minimum Gasteiger partial charge on any atom is -0.309 e. The smallest absolute Gasteiger partial charge is 0.0991 e. The molecule has 1 aliphatic rings. The molecule has 0 atom stereocenters. The lowest BCUT2D eigenvalue weighted by molar-refractivity contribution is 0.630. The summed E-state index contributed by atoms with van der Waals surface area (Å²) in [5.74, 6) is 0. The zero-order valence-corrected chi connectivity index (χ0v) is 27.3. The molecule has 0 amide bonds. The Kier molecular flexibility index (Phi) is 5.81. The van der Waals surface area contributed by atoms with E-state index in [9.17, 15) is 10.5 Å². The Hall–Kier alpha value is -6.16. The van der Waals surface area contributed by atoms with Crippen LogP contribution in [0.4, 0.5) is 0 Å². The molecular weight excluding hydrogens is 583 g/mol. The van der Waals surface area contributed by atoms with Gasteiger partial charge in [0.05, 0.1) is 40.0 Å². The third kappa shape index (κ3) is 3.80. The van der Waals surface area contributed by atoms with Crippen molar-refractivity contribution in [1.29, 1.82) is 10.5 Å². The lowest BCUT2D eigenvalue weighted by Crippen LogP contribution is -2.26. The van der Waals surface area contributed by atoms with E-state index in [1.54, 1.807) is 0 Å². The zero-order chi connectivity index (χ0) is 32.9. The average molecular weight is 614 g/mol. The van der Waals surface area contributed by atoms with Crippen molar-refractivity contribution >= 4 is 43.4 Å². The van der Waals surface area contributed by atoms with E-state index in [-0.39, 0.29) is 5.41 Å². The van der Waals surface area contributed by atoms with Crippen molar-refractivity contribution in [2.75, 3.05) is 0 Å². The van der Waals surface area contributed by atoms with Gasteiger partial charge in [-0.15, -0.1) is 0 Å². The Morgan fingerprint density at radius 2 is 1.17 bits per heavy atom. The normalized spacial score (nSPS) is 13.1. The van der Waals surface area contributed by atoms with E-state index in [1.165, 1.54) is 60.5 Å². The van der Waals surface area contributed by atoms with Gasteiger partial charge in [0.25, 0.3) is 0 Å². The highest BCUT2D eigenvalue weighted by Gasteiger charge is 2.36. The summed E-state index contributed by atoms with van der Waals surface area (Å²) in [6, 6.07) is 46.1. The summed E-state index contributed by atoms with van der Waals surface area (Å²) in [6.07, 6.45) is 0. The molecule has 0 bridgehead atoms. The summed E-state index contributed by atoms with van der Waals surface area (Å²) in [4.78, 5) is 0. The van der Waals surface area contributed by atoms with Crippen LogP contribution in [0.5, 0.6) is 0 Å². The lowest BCUT2D eigenvalue weighted by Gasteiger charge is -2.35. The number of nitrogens with zero attached hydrogens (tertiary/aromatic N) is 3. The van der Waals surface area contributed by atoms with Crippen LogP contribution < -0.4 is 0 Å². The minimum absolute atomic E-state index is 0.388. The van der Waals surface area contributed by atoms with Gasteiger partial charge in [-0.05, 0) is 111 Å². The number of hydrogen-bond acceptors (Lipinski definition) is 2. The first-order valence-corrected chi connectivity index (χ1v) is 16.4. The molecule has 8 aromatic rings. The van der Waals surface area contributed by atoms with Crippen LogP contribution in [0, 0.1) is 36.5 Å². The average Bonchev–Trinajstić information content (AvgIpc) is 3.43. The van der Waals surface area contributed by atoms with Crippen molar-refractivity contribution in [1.82, 2.24) is 4.57 Å². The topological polar surface area (TPSA) is 52.5 Å². The fourth-order valence-electron chi connectivity index (χ4n) is 8.22. The predicted octanol–water partition coefficient (Wildman–Crippen LogP) is 11.4. The first-order valence-electron chi connectivity index (χ1n) is 16.4. The van der Waals surface area contributed by atoms with Gasteiger partial charge in [-0.25, -0.2) is 0 Å². The van der Waals surface area contributed by atoms with Gasteiger partial charge in [0, 0.05) is 16.2 Å². The molecular formula is C45H31N3. The maximum Gasteiger partial charge on any atom is 0.0991 e. The molecule has 0 saturated carbocycles. The van der Waals surface area contributed by atoms with E-state index in [2.05, 4.69) is 135 Å². The predicted molar refractivity (Wildman–Crippen MR) is 198 cm³/mol. The van der Waals surface area contributed by atoms with E-state index in [0.29, 0.717) is 11.1 Å². The van der Waals surface area contributed by atoms with E-state index < -0.39 is 0 Å². The summed E-state index contributed by atoms with van der Waals surface area (Å²) in [5, 5.41) is 26.8. The second kappa shape index (κ2) is 9.92. The largest absolute Gasteiger partial charge is 0.309 e. The third-order valence-electron chi connectivity index (χ3n) is 10.5. The highest BCUT2D eigenvalue weighted by Crippen LogP contribution is 2.50. The highest BCUT2D eigenvalue weighted by atomic mass is 15.0. The molecule has 3 heteroatoms. The van der Waals surface area contributed by atoms with Gasteiger partial charge in [0.15, 0.2) is 0 Å². The van der Waals surface area contributed by atoms with Crippen LogP contribution in [0.15, 0.2) is 115 Å². The van der Waals surface area contributed by atoms with Crippen molar-refractivity contribution < 1.29 is 0 Å². The van der Waals surface area contributed by atoms with Gasteiger partial charge in [-0.3, -0.25) is 0 Å². The van der Waals surface area contributed by atoms with Gasteiger partial charge in [-0.2, -0.15) is 10.5 Å². The second-order valence-electron chi connectivity index (χ2n) is 13.8. The van der Waals surface area contributed by atoms with Crippen LogP contribution in [0.1, 0.15) is 47.2 Å². The Balaban J connectivity index is 1.40. The lowest BCUT2D eigenvalue weighted by atomic mass is 9.73. The molecule has 1 aromatic heterocycles. The van der Waals surface area contributed by atoms with Gasteiger partial charge in [0.2, 0.25) is 0 Å². The van der Waals surface area contributed by atoms with Gasteiger partial charge < -0.3 is 4.57 Å². The number of fused-ring (bicyclic) bond motifs is 7. The second-order valence-corrected chi connectivity index (χ2v) is 13.8. The summed E-state index contributed by atoms with van der Waals surface area (Å²) in [7, 11) is 0. The van der Waals surface area contributed by atoms with Gasteiger partial charge >= 0.3 is 0 Å². The van der Waals surface area contributed by atoms with Crippen LogP contribution in [0.3, 0.4) is 0 Å². The minimum atomic E-state index is -0.388. The number of benzene rings is 7. The fourth-order valence-corrected chi connectivity index (χ4v) is 8.22. The first kappa shape index (κ1) is 28.1. The first-order chi connectivity index (χ1) is 23.3. The Bertz CT molecular complexity index is 2780. The Labute approximate surface area is 279 Å². The maximum atomic E-state index is 10.1. The molecule has 0 N–H and O–H groups in total. The molecule has 0 aliphatic carbocycles. The SMILES string of the molecule is Cc1ccc2c(-c3ccc4c(c3)C(C)(C)c3cc(C#N)cc5c6cc(C#N)ccc6n-4c35)c3cc(C)ccc3c(-c3ccccc3)c2c1. The molecule has 48 heavy (non-hydrogen) atoms. The molecule has 7 aromatic carbocycles. The number of nitriles is 2. The Morgan fingerprint density at radius 3 is 1.83 bits per heavy atom. The maximum absolute atomic E-state index is 10.1. The highest BCUT2D eigenvalue weighted by molar-refractivity contribution is 6.22. The fraction of sp³-hybridized carbons (Fsp3) is 0.111. The summed E-state index contributed by atoms with van der Waals surface area (Å²) in [5.41, 5.74) is 13.8. The van der Waals surface area contributed by atoms with Crippen molar-refractivity contribution in [2.45, 2.75) is 33.1 Å². The summed E-state index contributed by atoms with van der Waals surface area (Å²) >= 11 is 0. The molecule has 0 fully saturated rings. The van der Waals surface area contributed by atoms with E-state index in [0.717, 1.165) is 33.1 Å². The molecule has 0 radical (unpaired) electrons. The molecule has 9 rings (SSSR count). The molecule has 3 nitrogen and oxygen atoms in total. The van der Waals surface area contributed by atoms with Crippen LogP contribution in [0.25, 0.3) is 71.3 Å². The van der Waals surface area contributed by atoms with Crippen LogP contribution in [-0.4, -0.2) is 4.57 Å². The van der Waals surface area contributed by atoms with Crippen molar-refractivity contribution in [2.24, 2.45) is 0 Å². The number of hydrogen-bond donors (Lipinski definition) is 0. The number of aryl methyl sites for hydroxylation is 2. The van der Waals surface area contributed by atoms with Crippen molar-refractivity contribution in [3.05, 3.63) is 149 Å². The molecule has 0 saturated heterocycles. The third-order valence-corrected chi connectivity index (χ3v) is 10.5. The van der Waals surface area contributed by atoms with E-state index in [4.69, 9.17) is 0 Å². The van der Waals surface area contributed by atoms with Crippen molar-refractivity contribution in [3.8, 4) is 40.1 Å². The summed E-state index contributed by atoms with van der Waals surface area (Å²) < 4.78 is 2.34. The monoisotopic (exact) mass is 613 g/mol. The molecule has 1 aliphatic heterocycles. The Morgan fingerprint density at radius 1 is 0.521 bits per heavy atom. The number of rotatable bonds is 2. The van der Waals surface area contributed by atoms with Gasteiger partial charge in [0.1, 0.15) is 0 Å². The molecule has 0 spiro atoms. The standard InChI is InChI=1S/C45H31N3/c1-26-11-15-33-35(18-26)42(30-8-6-5-7-9-30)32-14-10-27(2)19-36(32)43(33)31-13-17-41-38(23-31)45(3,4)39-22-29(25-47)21-37-34-20-28(24-46)12-16-40(34)48(41)44(37)39/h5-23H,1-4H3. The summed E-state index contributed by atoms with van der Waals surface area (Å²) in [6.45, 7) is 8.89. The van der Waals surface area contributed by atoms with Crippen LogP contribution in [0.2, 0.25) is 0 Å². The van der Waals surface area contributed by atoms with Crippen LogP contribution >= 0.6 is 0 Å². The molecule has 0 unspecified atom stereocenters. The van der Waals surface area contributed by atoms with Gasteiger partial charge in [-0.1, -0.05) is 97.8 Å². The quantitative estimate of drug-likeness (QED) is 0.182. The van der Waals surface area contributed by atoms with Crippen LogP contribution in [-0.2, 0) is 5.41 Å². The zero-order valence-electron chi connectivity index (χ0n) is 27.3. The van der Waals surface area contributed by atoms with Crippen molar-refractivity contribution in [3.63, 3.8) is 0 Å². The van der Waals surface area contributed by atoms with E-state index >= 15 is 0 Å². The molecule has 2 heterocycles.